The molecule has 0 aromatic heterocycles. The van der Waals surface area contributed by atoms with Gasteiger partial charge in [-0.05, 0) is 29.6 Å². The molecule has 2 saturated carbocycles. The van der Waals surface area contributed by atoms with E-state index in [9.17, 15) is 0 Å². The number of hydrogen-bond donors (Lipinski definition) is 1. The van der Waals surface area contributed by atoms with Crippen molar-refractivity contribution in [2.24, 2.45) is 0 Å². The van der Waals surface area contributed by atoms with Crippen LogP contribution in [0.15, 0.2) is 24.3 Å². The van der Waals surface area contributed by atoms with E-state index in [2.05, 4.69) is 42.7 Å². The third kappa shape index (κ3) is 3.36. The van der Waals surface area contributed by atoms with Gasteiger partial charge in [-0.1, -0.05) is 76.2 Å². The van der Waals surface area contributed by atoms with E-state index in [0.29, 0.717) is 6.04 Å². The zero-order chi connectivity index (χ0) is 14.7. The van der Waals surface area contributed by atoms with Gasteiger partial charge < -0.3 is 5.32 Å². The molecule has 0 heterocycles. The predicted molar refractivity (Wildman–Crippen MR) is 96.3 cm³/mol. The van der Waals surface area contributed by atoms with Crippen LogP contribution in [0.2, 0.25) is 18.6 Å². The fourth-order valence-corrected chi connectivity index (χ4v) is 8.17. The Morgan fingerprint density at radius 1 is 0.857 bits per heavy atom. The van der Waals surface area contributed by atoms with Gasteiger partial charge in [0.15, 0.2) is 0 Å². The maximum Gasteiger partial charge on any atom is 0.0863 e. The lowest BCUT2D eigenvalue weighted by atomic mass is 9.95. The van der Waals surface area contributed by atoms with Crippen LogP contribution >= 0.6 is 0 Å². The molecule has 1 aromatic rings. The van der Waals surface area contributed by atoms with Crippen LogP contribution in [-0.4, -0.2) is 14.1 Å². The van der Waals surface area contributed by atoms with Crippen LogP contribution < -0.4 is 10.5 Å². The Morgan fingerprint density at radius 3 is 2.19 bits per heavy atom. The Morgan fingerprint density at radius 2 is 1.48 bits per heavy atom. The lowest BCUT2D eigenvalue weighted by Crippen LogP contribution is -2.47. The maximum atomic E-state index is 3.91. The van der Waals surface area contributed by atoms with E-state index in [0.717, 1.165) is 5.54 Å². The SMILES string of the molecule is C[Si](C)(c1ccccc1NC1CCCCC1)C1CCCC1. The first-order valence-corrected chi connectivity index (χ1v) is 12.1. The van der Waals surface area contributed by atoms with Crippen molar-refractivity contribution in [2.75, 3.05) is 5.32 Å². The highest BCUT2D eigenvalue weighted by molar-refractivity contribution is 6.92. The van der Waals surface area contributed by atoms with Gasteiger partial charge >= 0.3 is 0 Å². The van der Waals surface area contributed by atoms with E-state index in [1.54, 1.807) is 5.19 Å². The van der Waals surface area contributed by atoms with Crippen LogP contribution in [0.1, 0.15) is 57.8 Å². The molecule has 1 N–H and O–H groups in total. The van der Waals surface area contributed by atoms with E-state index < -0.39 is 8.07 Å². The molecule has 0 radical (unpaired) electrons. The third-order valence-corrected chi connectivity index (χ3v) is 10.4. The molecule has 2 aliphatic carbocycles. The summed E-state index contributed by atoms with van der Waals surface area (Å²) < 4.78 is 0. The number of rotatable bonds is 4. The highest BCUT2D eigenvalue weighted by Crippen LogP contribution is 2.39. The molecule has 0 amide bonds. The predicted octanol–water partition coefficient (Wildman–Crippen LogP) is 5.29. The van der Waals surface area contributed by atoms with Gasteiger partial charge in [0.25, 0.3) is 0 Å². The lowest BCUT2D eigenvalue weighted by molar-refractivity contribution is 0.463. The molecule has 0 aliphatic heterocycles. The van der Waals surface area contributed by atoms with Gasteiger partial charge in [-0.3, -0.25) is 0 Å². The molecule has 0 atom stereocenters. The monoisotopic (exact) mass is 301 g/mol. The van der Waals surface area contributed by atoms with Crippen LogP contribution in [0.5, 0.6) is 0 Å². The van der Waals surface area contributed by atoms with Crippen molar-refractivity contribution in [3.63, 3.8) is 0 Å². The highest BCUT2D eigenvalue weighted by atomic mass is 28.3. The van der Waals surface area contributed by atoms with Gasteiger partial charge in [0.1, 0.15) is 0 Å². The van der Waals surface area contributed by atoms with Gasteiger partial charge in [-0.2, -0.15) is 0 Å². The molecule has 2 aliphatic rings. The van der Waals surface area contributed by atoms with Crippen LogP contribution in [0, 0.1) is 0 Å². The molecular formula is C19H31NSi. The Hall–Kier alpha value is -0.763. The second-order valence-electron chi connectivity index (χ2n) is 7.73. The van der Waals surface area contributed by atoms with E-state index >= 15 is 0 Å². The number of benzene rings is 1. The second kappa shape index (κ2) is 6.56. The summed E-state index contributed by atoms with van der Waals surface area (Å²) >= 11 is 0. The molecule has 21 heavy (non-hydrogen) atoms. The zero-order valence-corrected chi connectivity index (χ0v) is 14.8. The first-order valence-electron chi connectivity index (χ1n) is 9.04. The molecule has 0 bridgehead atoms. The largest absolute Gasteiger partial charge is 0.382 e. The van der Waals surface area contributed by atoms with Crippen molar-refractivity contribution in [1.29, 1.82) is 0 Å². The highest BCUT2D eigenvalue weighted by Gasteiger charge is 2.37. The standard InChI is InChI=1S/C19H31NSi/c1-21(2,17-12-6-7-13-17)19-15-9-8-14-18(19)20-16-10-4-3-5-11-16/h8-9,14-17,20H,3-7,10-13H2,1-2H3. The fraction of sp³-hybridized carbons (Fsp3) is 0.684. The molecular weight excluding hydrogens is 270 g/mol. The van der Waals surface area contributed by atoms with E-state index in [1.807, 2.05) is 0 Å². The minimum absolute atomic E-state index is 0.716. The first-order chi connectivity index (χ1) is 10.2. The Labute approximate surface area is 131 Å². The van der Waals surface area contributed by atoms with Gasteiger partial charge in [0, 0.05) is 11.7 Å². The smallest absolute Gasteiger partial charge is 0.0863 e. The lowest BCUT2D eigenvalue weighted by Gasteiger charge is -2.34. The number of hydrogen-bond acceptors (Lipinski definition) is 1. The minimum Gasteiger partial charge on any atom is -0.382 e. The molecule has 2 fully saturated rings. The molecule has 0 saturated heterocycles. The first kappa shape index (κ1) is 15.1. The number of nitrogens with one attached hydrogen (secondary N) is 1. The fourth-order valence-electron chi connectivity index (χ4n) is 4.51. The Bertz CT molecular complexity index is 456. The maximum absolute atomic E-state index is 3.91. The Balaban J connectivity index is 1.81. The molecule has 2 heteroatoms. The van der Waals surface area contributed by atoms with Crippen molar-refractivity contribution in [1.82, 2.24) is 0 Å². The van der Waals surface area contributed by atoms with Gasteiger partial charge in [0.05, 0.1) is 8.07 Å². The third-order valence-electron chi connectivity index (χ3n) is 5.96. The molecule has 1 aromatic carbocycles. The molecule has 0 unspecified atom stereocenters. The van der Waals surface area contributed by atoms with Crippen molar-refractivity contribution in [3.05, 3.63) is 24.3 Å². The summed E-state index contributed by atoms with van der Waals surface area (Å²) in [6.45, 7) is 5.20. The topological polar surface area (TPSA) is 12.0 Å². The van der Waals surface area contributed by atoms with Crippen LogP contribution in [0.4, 0.5) is 5.69 Å². The van der Waals surface area contributed by atoms with E-state index in [-0.39, 0.29) is 0 Å². The average Bonchev–Trinajstić information content (AvgIpc) is 3.04. The Kier molecular flexibility index (Phi) is 4.73. The summed E-state index contributed by atoms with van der Waals surface area (Å²) in [6.07, 6.45) is 12.8. The molecule has 116 valence electrons. The van der Waals surface area contributed by atoms with Crippen molar-refractivity contribution in [2.45, 2.75) is 82.5 Å². The molecule has 0 spiro atoms. The van der Waals surface area contributed by atoms with Crippen molar-refractivity contribution >= 4 is 18.9 Å². The van der Waals surface area contributed by atoms with Gasteiger partial charge in [-0.25, -0.2) is 0 Å². The second-order valence-corrected chi connectivity index (χ2v) is 12.5. The van der Waals surface area contributed by atoms with Crippen LogP contribution in [-0.2, 0) is 0 Å². The minimum atomic E-state index is -1.34. The normalized spacial score (nSPS) is 21.6. The average molecular weight is 302 g/mol. The van der Waals surface area contributed by atoms with Crippen molar-refractivity contribution in [3.8, 4) is 0 Å². The number of para-hydroxylation sites is 1. The van der Waals surface area contributed by atoms with Crippen molar-refractivity contribution < 1.29 is 0 Å². The summed E-state index contributed by atoms with van der Waals surface area (Å²) in [5, 5.41) is 5.60. The van der Waals surface area contributed by atoms with E-state index in [1.165, 1.54) is 63.5 Å². The summed E-state index contributed by atoms with van der Waals surface area (Å²) in [4.78, 5) is 0. The number of anilines is 1. The summed E-state index contributed by atoms with van der Waals surface area (Å²) in [6, 6.07) is 9.95. The van der Waals surface area contributed by atoms with Gasteiger partial charge in [-0.15, -0.1) is 0 Å². The van der Waals surface area contributed by atoms with E-state index in [4.69, 9.17) is 0 Å². The zero-order valence-electron chi connectivity index (χ0n) is 13.8. The molecule has 1 nitrogen and oxygen atoms in total. The summed E-state index contributed by atoms with van der Waals surface area (Å²) in [5.74, 6) is 0. The quantitative estimate of drug-likeness (QED) is 0.745. The van der Waals surface area contributed by atoms with Crippen LogP contribution in [0.3, 0.4) is 0 Å². The van der Waals surface area contributed by atoms with Gasteiger partial charge in [0.2, 0.25) is 0 Å². The summed E-state index contributed by atoms with van der Waals surface area (Å²) in [7, 11) is -1.34. The summed E-state index contributed by atoms with van der Waals surface area (Å²) in [5.41, 5.74) is 2.46. The van der Waals surface area contributed by atoms with Crippen LogP contribution in [0.25, 0.3) is 0 Å². The molecule has 3 rings (SSSR count).